The Morgan fingerprint density at radius 2 is 2.05 bits per heavy atom. The van der Waals surface area contributed by atoms with Crippen LogP contribution in [0.5, 0.6) is 0 Å². The highest BCUT2D eigenvalue weighted by molar-refractivity contribution is 7.46. The molecule has 0 aromatic heterocycles. The molecule has 1 fully saturated rings. The Hall–Kier alpha value is -1.95. The van der Waals surface area contributed by atoms with E-state index in [0.29, 0.717) is 13.0 Å². The van der Waals surface area contributed by atoms with Crippen molar-refractivity contribution in [3.8, 4) is 0 Å². The number of nitrogens with one attached hydrogen (secondary N) is 1. The van der Waals surface area contributed by atoms with Crippen LogP contribution in [0.4, 0.5) is 0 Å². The van der Waals surface area contributed by atoms with Crippen LogP contribution in [0.3, 0.4) is 0 Å². The summed E-state index contributed by atoms with van der Waals surface area (Å²) in [5.74, 6) is 4.35. The van der Waals surface area contributed by atoms with Gasteiger partial charge in [0.05, 0.1) is 0 Å². The van der Waals surface area contributed by atoms with E-state index in [0.717, 1.165) is 10.6 Å². The third-order valence-corrected chi connectivity index (χ3v) is 5.23. The molecule has 1 aliphatic rings. The van der Waals surface area contributed by atoms with E-state index in [4.69, 9.17) is 11.6 Å². The molecule has 22 heavy (non-hydrogen) atoms. The van der Waals surface area contributed by atoms with E-state index in [-0.39, 0.29) is 6.42 Å². The molecule has 0 spiro atoms. The summed E-state index contributed by atoms with van der Waals surface area (Å²) in [6, 6.07) is 9.20. The van der Waals surface area contributed by atoms with Crippen molar-refractivity contribution in [2.45, 2.75) is 18.1 Å². The number of carbonyl (C=O) groups excluding carboxylic acids is 2. The van der Waals surface area contributed by atoms with Gasteiger partial charge in [-0.3, -0.25) is 14.6 Å². The summed E-state index contributed by atoms with van der Waals surface area (Å²) in [7, 11) is -2.87. The molecule has 8 heteroatoms. The third-order valence-electron chi connectivity index (χ3n) is 3.48. The fourth-order valence-corrected chi connectivity index (χ4v) is 3.48. The number of amides is 2. The van der Waals surface area contributed by atoms with E-state index in [1.165, 1.54) is 6.08 Å². The van der Waals surface area contributed by atoms with Crippen LogP contribution in [0.15, 0.2) is 36.4 Å². The quantitative estimate of drug-likeness (QED) is 0.322. The summed E-state index contributed by atoms with van der Waals surface area (Å²) < 4.78 is 12.3. The van der Waals surface area contributed by atoms with Crippen molar-refractivity contribution in [2.75, 3.05) is 6.54 Å². The van der Waals surface area contributed by atoms with E-state index >= 15 is 0 Å². The normalized spacial score (nSPS) is 23.5. The van der Waals surface area contributed by atoms with Crippen LogP contribution in [0.25, 0.3) is 6.08 Å². The molecule has 0 bridgehead atoms. The standard InChI is InChI=1S/C14H19N4O3P/c15-14(9-4-10-18(16)13(14)20)22(21)17-12(19)8-7-11-5-2-1-3-6-11/h1-3,5-8,22H,4,9-10,15-16H2,(H,17,19,21)/t14-/m0/s1. The Bertz CT molecular complexity index is 620. The summed E-state index contributed by atoms with van der Waals surface area (Å²) in [5, 5.41) is 1.66. The van der Waals surface area contributed by atoms with Crippen LogP contribution in [0, 0.1) is 0 Å². The van der Waals surface area contributed by atoms with Gasteiger partial charge in [0.1, 0.15) is 0 Å². The number of nitrogens with zero attached hydrogens (tertiary/aromatic N) is 1. The average molecular weight is 322 g/mol. The van der Waals surface area contributed by atoms with Crippen molar-refractivity contribution in [1.29, 1.82) is 0 Å². The zero-order valence-corrected chi connectivity index (χ0v) is 13.0. The van der Waals surface area contributed by atoms with E-state index in [1.807, 2.05) is 30.3 Å². The Morgan fingerprint density at radius 3 is 2.73 bits per heavy atom. The molecule has 0 radical (unpaired) electrons. The second-order valence-corrected chi connectivity index (χ2v) is 6.94. The van der Waals surface area contributed by atoms with Crippen molar-refractivity contribution in [1.82, 2.24) is 10.1 Å². The van der Waals surface area contributed by atoms with Gasteiger partial charge in [0.2, 0.25) is 5.91 Å². The van der Waals surface area contributed by atoms with Gasteiger partial charge >= 0.3 is 0 Å². The molecule has 118 valence electrons. The first-order chi connectivity index (χ1) is 10.4. The minimum Gasteiger partial charge on any atom is -0.310 e. The number of rotatable bonds is 4. The molecule has 1 saturated heterocycles. The van der Waals surface area contributed by atoms with Crippen molar-refractivity contribution in [3.63, 3.8) is 0 Å². The molecular weight excluding hydrogens is 303 g/mol. The number of hydrogen-bond acceptors (Lipinski definition) is 5. The Balaban J connectivity index is 2.00. The summed E-state index contributed by atoms with van der Waals surface area (Å²) in [4.78, 5) is 23.8. The maximum absolute atomic E-state index is 12.3. The molecule has 2 atom stereocenters. The molecule has 1 unspecified atom stereocenters. The van der Waals surface area contributed by atoms with Gasteiger partial charge in [-0.1, -0.05) is 30.3 Å². The highest BCUT2D eigenvalue weighted by Gasteiger charge is 2.45. The van der Waals surface area contributed by atoms with Gasteiger partial charge < -0.3 is 15.4 Å². The monoisotopic (exact) mass is 322 g/mol. The summed E-state index contributed by atoms with van der Waals surface area (Å²) in [6.07, 6.45) is 3.63. The minimum atomic E-state index is -2.87. The number of piperidine rings is 1. The number of nitrogens with two attached hydrogens (primary N) is 2. The van der Waals surface area contributed by atoms with Crippen molar-refractivity contribution < 1.29 is 14.2 Å². The number of hydrogen-bond donors (Lipinski definition) is 3. The maximum atomic E-state index is 12.3. The second-order valence-electron chi connectivity index (χ2n) is 5.14. The van der Waals surface area contributed by atoms with Gasteiger partial charge in [-0.2, -0.15) is 0 Å². The first-order valence-corrected chi connectivity index (χ1v) is 8.28. The Morgan fingerprint density at radius 1 is 1.36 bits per heavy atom. The van der Waals surface area contributed by atoms with Gasteiger partial charge in [0, 0.05) is 12.6 Å². The van der Waals surface area contributed by atoms with Crippen LogP contribution >= 0.6 is 7.95 Å². The SMILES string of the molecule is NN1CCC[C@](N)([PH](=O)NC(=O)C=Cc2ccccc2)C1=O. The lowest BCUT2D eigenvalue weighted by molar-refractivity contribution is -0.136. The van der Waals surface area contributed by atoms with Gasteiger partial charge in [0.15, 0.2) is 13.2 Å². The Labute approximate surface area is 129 Å². The van der Waals surface area contributed by atoms with Gasteiger partial charge in [-0.15, -0.1) is 0 Å². The van der Waals surface area contributed by atoms with Crippen molar-refractivity contribution >= 4 is 25.8 Å². The predicted molar refractivity (Wildman–Crippen MR) is 84.7 cm³/mol. The number of carbonyl (C=O) groups is 2. The molecule has 7 nitrogen and oxygen atoms in total. The van der Waals surface area contributed by atoms with E-state index in [9.17, 15) is 14.2 Å². The number of hydrazine groups is 1. The van der Waals surface area contributed by atoms with Crippen molar-refractivity contribution in [2.24, 2.45) is 11.6 Å². The highest BCUT2D eigenvalue weighted by atomic mass is 31.1. The molecule has 0 saturated carbocycles. The summed E-state index contributed by atoms with van der Waals surface area (Å²) in [5.41, 5.74) is 6.75. The molecule has 0 aliphatic carbocycles. The fraction of sp³-hybridized carbons (Fsp3) is 0.286. The van der Waals surface area contributed by atoms with Gasteiger partial charge in [0.25, 0.3) is 5.91 Å². The maximum Gasteiger partial charge on any atom is 0.265 e. The highest BCUT2D eigenvalue weighted by Crippen LogP contribution is 2.38. The van der Waals surface area contributed by atoms with E-state index in [2.05, 4.69) is 5.09 Å². The Kier molecular flexibility index (Phi) is 5.13. The van der Waals surface area contributed by atoms with E-state index in [1.54, 1.807) is 6.08 Å². The van der Waals surface area contributed by atoms with Crippen LogP contribution in [-0.4, -0.2) is 28.6 Å². The molecular formula is C14H19N4O3P. The summed E-state index contributed by atoms with van der Waals surface area (Å²) >= 11 is 0. The predicted octanol–water partition coefficient (Wildman–Crippen LogP) is 0.442. The first-order valence-electron chi connectivity index (χ1n) is 6.87. The van der Waals surface area contributed by atoms with Crippen LogP contribution in [0.1, 0.15) is 18.4 Å². The van der Waals surface area contributed by atoms with Crippen molar-refractivity contribution in [3.05, 3.63) is 42.0 Å². The molecule has 1 aliphatic heterocycles. The molecule has 1 aromatic rings. The third kappa shape index (κ3) is 3.62. The molecule has 1 heterocycles. The van der Waals surface area contributed by atoms with Gasteiger partial charge in [-0.05, 0) is 24.5 Å². The van der Waals surface area contributed by atoms with E-state index < -0.39 is 25.0 Å². The number of benzene rings is 1. The molecule has 5 N–H and O–H groups in total. The van der Waals surface area contributed by atoms with Crippen LogP contribution in [0.2, 0.25) is 0 Å². The largest absolute Gasteiger partial charge is 0.310 e. The fourth-order valence-electron chi connectivity index (χ4n) is 2.20. The topological polar surface area (TPSA) is 119 Å². The lowest BCUT2D eigenvalue weighted by atomic mass is 10.1. The molecule has 2 rings (SSSR count). The lowest BCUT2D eigenvalue weighted by Crippen LogP contribution is -2.60. The van der Waals surface area contributed by atoms with Gasteiger partial charge in [-0.25, -0.2) is 5.84 Å². The first kappa shape index (κ1) is 16.4. The molecule has 2 amide bonds. The minimum absolute atomic E-state index is 0.236. The smallest absolute Gasteiger partial charge is 0.265 e. The van der Waals surface area contributed by atoms with Crippen LogP contribution < -0.4 is 16.7 Å². The lowest BCUT2D eigenvalue weighted by Gasteiger charge is -2.35. The van der Waals surface area contributed by atoms with Crippen LogP contribution in [-0.2, 0) is 14.2 Å². The average Bonchev–Trinajstić information content (AvgIpc) is 2.51. The second kappa shape index (κ2) is 6.87. The summed E-state index contributed by atoms with van der Waals surface area (Å²) in [6.45, 7) is 0.370. The zero-order chi connectivity index (χ0) is 16.2. The zero-order valence-electron chi connectivity index (χ0n) is 12.0. The molecule has 1 aromatic carbocycles.